The molecule has 3 rings (SSSR count). The van der Waals surface area contributed by atoms with Crippen LogP contribution in [0.5, 0.6) is 0 Å². The van der Waals surface area contributed by atoms with E-state index in [1.54, 1.807) is 23.2 Å². The van der Waals surface area contributed by atoms with E-state index in [0.717, 1.165) is 24.3 Å². The van der Waals surface area contributed by atoms with Crippen LogP contribution in [0.1, 0.15) is 28.9 Å². The van der Waals surface area contributed by atoms with Gasteiger partial charge in [0, 0.05) is 36.2 Å². The van der Waals surface area contributed by atoms with Crippen LogP contribution in [0, 0.1) is 6.92 Å². The van der Waals surface area contributed by atoms with Gasteiger partial charge in [0.2, 0.25) is 5.91 Å². The number of benzene rings is 1. The van der Waals surface area contributed by atoms with Gasteiger partial charge in [-0.3, -0.25) is 14.6 Å². The number of anilines is 2. The summed E-state index contributed by atoms with van der Waals surface area (Å²) in [6.45, 7) is 2.61. The Morgan fingerprint density at radius 2 is 2.14 bits per heavy atom. The van der Waals surface area contributed by atoms with Gasteiger partial charge in [0.15, 0.2) is 0 Å². The molecule has 1 aromatic carbocycles. The lowest BCUT2D eigenvalue weighted by Gasteiger charge is -2.16. The van der Waals surface area contributed by atoms with Crippen LogP contribution in [0.4, 0.5) is 11.4 Å². The molecule has 0 unspecified atom stereocenters. The summed E-state index contributed by atoms with van der Waals surface area (Å²) in [4.78, 5) is 29.9. The number of rotatable bonds is 3. The van der Waals surface area contributed by atoms with Crippen LogP contribution in [0.3, 0.4) is 0 Å². The average Bonchev–Trinajstić information content (AvgIpc) is 2.94. The van der Waals surface area contributed by atoms with E-state index in [-0.39, 0.29) is 11.8 Å². The van der Waals surface area contributed by atoms with E-state index in [2.05, 4.69) is 10.3 Å². The van der Waals surface area contributed by atoms with Crippen molar-refractivity contribution in [2.45, 2.75) is 19.8 Å². The molecule has 5 nitrogen and oxygen atoms in total. The lowest BCUT2D eigenvalue weighted by atomic mass is 10.2. The van der Waals surface area contributed by atoms with Crippen LogP contribution in [-0.2, 0) is 4.79 Å². The van der Waals surface area contributed by atoms with Gasteiger partial charge < -0.3 is 10.2 Å². The summed E-state index contributed by atoms with van der Waals surface area (Å²) in [5.74, 6) is -0.0800. The van der Waals surface area contributed by atoms with Crippen molar-refractivity contribution in [2.24, 2.45) is 0 Å². The maximum absolute atomic E-state index is 12.2. The number of nitrogens with zero attached hydrogens (tertiary/aromatic N) is 2. The third-order valence-electron chi connectivity index (χ3n) is 3.66. The molecule has 1 aliphatic rings. The van der Waals surface area contributed by atoms with Crippen molar-refractivity contribution < 1.29 is 9.59 Å². The second-order valence-corrected chi connectivity index (χ2v) is 5.34. The Morgan fingerprint density at radius 1 is 1.27 bits per heavy atom. The number of hydrogen-bond donors (Lipinski definition) is 1. The highest BCUT2D eigenvalue weighted by Crippen LogP contribution is 2.24. The van der Waals surface area contributed by atoms with Gasteiger partial charge >= 0.3 is 0 Å². The second-order valence-electron chi connectivity index (χ2n) is 5.34. The fraction of sp³-hybridized carbons (Fsp3) is 0.235. The zero-order valence-electron chi connectivity index (χ0n) is 12.4. The van der Waals surface area contributed by atoms with E-state index in [0.29, 0.717) is 17.7 Å². The standard InChI is InChI=1S/C17H17N3O2/c1-12-7-8-13(11-18-12)17(22)19-14-4-2-5-15(10-14)20-9-3-6-16(20)21/h2,4-5,7-8,10-11H,3,6,9H2,1H3,(H,19,22). The van der Waals surface area contributed by atoms with Gasteiger partial charge in [0.25, 0.3) is 5.91 Å². The number of pyridine rings is 1. The molecule has 0 aliphatic carbocycles. The Kier molecular flexibility index (Phi) is 3.87. The SMILES string of the molecule is Cc1ccc(C(=O)Nc2cccc(N3CCCC3=O)c2)cn1. The van der Waals surface area contributed by atoms with Gasteiger partial charge in [-0.15, -0.1) is 0 Å². The number of aryl methyl sites for hydroxylation is 1. The zero-order chi connectivity index (χ0) is 15.5. The largest absolute Gasteiger partial charge is 0.322 e. The second kappa shape index (κ2) is 5.97. The first kappa shape index (κ1) is 14.3. The Hall–Kier alpha value is -2.69. The third kappa shape index (κ3) is 2.98. The van der Waals surface area contributed by atoms with Gasteiger partial charge in [0.1, 0.15) is 0 Å². The van der Waals surface area contributed by atoms with Crippen molar-refractivity contribution in [3.05, 3.63) is 53.9 Å². The van der Waals surface area contributed by atoms with Gasteiger partial charge in [0.05, 0.1) is 5.56 Å². The van der Waals surface area contributed by atoms with Gasteiger partial charge in [-0.1, -0.05) is 6.07 Å². The van der Waals surface area contributed by atoms with E-state index in [1.807, 2.05) is 31.2 Å². The number of amides is 2. The highest BCUT2D eigenvalue weighted by atomic mass is 16.2. The lowest BCUT2D eigenvalue weighted by Crippen LogP contribution is -2.23. The summed E-state index contributed by atoms with van der Waals surface area (Å²) in [5, 5.41) is 2.84. The maximum Gasteiger partial charge on any atom is 0.257 e. The summed E-state index contributed by atoms with van der Waals surface area (Å²) in [7, 11) is 0. The smallest absolute Gasteiger partial charge is 0.257 e. The molecule has 2 amide bonds. The Morgan fingerprint density at radius 3 is 2.82 bits per heavy atom. The molecular weight excluding hydrogens is 278 g/mol. The number of nitrogens with one attached hydrogen (secondary N) is 1. The topological polar surface area (TPSA) is 62.3 Å². The molecule has 0 bridgehead atoms. The van der Waals surface area contributed by atoms with Crippen molar-refractivity contribution in [3.8, 4) is 0 Å². The van der Waals surface area contributed by atoms with E-state index >= 15 is 0 Å². The predicted molar refractivity (Wildman–Crippen MR) is 85.0 cm³/mol. The van der Waals surface area contributed by atoms with Crippen LogP contribution in [0.25, 0.3) is 0 Å². The Labute approximate surface area is 129 Å². The lowest BCUT2D eigenvalue weighted by molar-refractivity contribution is -0.117. The molecular formula is C17H17N3O2. The first-order valence-electron chi connectivity index (χ1n) is 7.28. The molecule has 0 radical (unpaired) electrons. The number of hydrogen-bond acceptors (Lipinski definition) is 3. The van der Waals surface area contributed by atoms with Crippen LogP contribution in [0.15, 0.2) is 42.6 Å². The van der Waals surface area contributed by atoms with Crippen molar-refractivity contribution in [1.29, 1.82) is 0 Å². The normalized spacial score (nSPS) is 14.2. The highest BCUT2D eigenvalue weighted by Gasteiger charge is 2.21. The minimum absolute atomic E-state index is 0.131. The molecule has 1 fully saturated rings. The molecule has 2 heterocycles. The predicted octanol–water partition coefficient (Wildman–Crippen LogP) is 2.77. The van der Waals surface area contributed by atoms with E-state index < -0.39 is 0 Å². The molecule has 1 saturated heterocycles. The molecule has 2 aromatic rings. The zero-order valence-corrected chi connectivity index (χ0v) is 12.4. The van der Waals surface area contributed by atoms with Crippen LogP contribution >= 0.6 is 0 Å². The summed E-state index contributed by atoms with van der Waals surface area (Å²) >= 11 is 0. The van der Waals surface area contributed by atoms with E-state index in [4.69, 9.17) is 0 Å². The monoisotopic (exact) mass is 295 g/mol. The molecule has 1 aromatic heterocycles. The molecule has 0 spiro atoms. The van der Waals surface area contributed by atoms with Gasteiger partial charge in [-0.05, 0) is 43.7 Å². The minimum atomic E-state index is -0.211. The first-order valence-corrected chi connectivity index (χ1v) is 7.28. The molecule has 0 atom stereocenters. The molecule has 1 N–H and O–H groups in total. The number of carbonyl (C=O) groups is 2. The Balaban J connectivity index is 1.76. The molecule has 1 aliphatic heterocycles. The first-order chi connectivity index (χ1) is 10.6. The summed E-state index contributed by atoms with van der Waals surface area (Å²) < 4.78 is 0. The van der Waals surface area contributed by atoms with Crippen molar-refractivity contribution in [1.82, 2.24) is 4.98 Å². The van der Waals surface area contributed by atoms with Crippen LogP contribution in [0.2, 0.25) is 0 Å². The number of aromatic nitrogens is 1. The fourth-order valence-electron chi connectivity index (χ4n) is 2.48. The Bertz CT molecular complexity index is 710. The van der Waals surface area contributed by atoms with Crippen molar-refractivity contribution >= 4 is 23.2 Å². The summed E-state index contributed by atoms with van der Waals surface area (Å²) in [5.41, 5.74) is 2.87. The van der Waals surface area contributed by atoms with Crippen molar-refractivity contribution in [2.75, 3.05) is 16.8 Å². The van der Waals surface area contributed by atoms with Gasteiger partial charge in [-0.2, -0.15) is 0 Å². The molecule has 0 saturated carbocycles. The number of carbonyl (C=O) groups excluding carboxylic acids is 2. The average molecular weight is 295 g/mol. The molecule has 22 heavy (non-hydrogen) atoms. The van der Waals surface area contributed by atoms with Gasteiger partial charge in [-0.25, -0.2) is 0 Å². The maximum atomic E-state index is 12.2. The highest BCUT2D eigenvalue weighted by molar-refractivity contribution is 6.04. The summed E-state index contributed by atoms with van der Waals surface area (Å²) in [6, 6.07) is 10.9. The molecule has 5 heteroatoms. The quantitative estimate of drug-likeness (QED) is 0.947. The summed E-state index contributed by atoms with van der Waals surface area (Å²) in [6.07, 6.45) is 3.02. The van der Waals surface area contributed by atoms with E-state index in [1.165, 1.54) is 0 Å². The minimum Gasteiger partial charge on any atom is -0.322 e. The van der Waals surface area contributed by atoms with E-state index in [9.17, 15) is 9.59 Å². The third-order valence-corrected chi connectivity index (χ3v) is 3.66. The van der Waals surface area contributed by atoms with Crippen LogP contribution < -0.4 is 10.2 Å². The fourth-order valence-corrected chi connectivity index (χ4v) is 2.48. The van der Waals surface area contributed by atoms with Crippen molar-refractivity contribution in [3.63, 3.8) is 0 Å². The molecule has 112 valence electrons. The van der Waals surface area contributed by atoms with Crippen LogP contribution in [-0.4, -0.2) is 23.3 Å².